The Kier molecular flexibility index (Phi) is 5.38. The van der Waals surface area contributed by atoms with Gasteiger partial charge in [0.2, 0.25) is 0 Å². The molecular formula is C21H32. The minimum Gasteiger partial charge on any atom is -0.0654 e. The molecule has 1 aromatic rings. The molecular weight excluding hydrogens is 252 g/mol. The molecule has 0 saturated heterocycles. The minimum absolute atomic E-state index is 0.846. The molecule has 0 heteroatoms. The van der Waals surface area contributed by atoms with E-state index in [1.165, 1.54) is 64.2 Å². The summed E-state index contributed by atoms with van der Waals surface area (Å²) in [5.74, 6) is 4.02. The summed E-state index contributed by atoms with van der Waals surface area (Å²) in [6.45, 7) is 2.34. The summed E-state index contributed by atoms with van der Waals surface area (Å²) in [5, 5.41) is 0. The van der Waals surface area contributed by atoms with Gasteiger partial charge in [0.15, 0.2) is 0 Å². The van der Waals surface area contributed by atoms with Crippen molar-refractivity contribution in [2.75, 3.05) is 0 Å². The first kappa shape index (κ1) is 15.1. The van der Waals surface area contributed by atoms with E-state index in [1.54, 1.807) is 5.56 Å². The summed E-state index contributed by atoms with van der Waals surface area (Å²) in [5.41, 5.74) is 1.59. The van der Waals surface area contributed by atoms with E-state index in [9.17, 15) is 0 Å². The van der Waals surface area contributed by atoms with Crippen LogP contribution in [-0.4, -0.2) is 0 Å². The van der Waals surface area contributed by atoms with Crippen LogP contribution in [0.15, 0.2) is 30.3 Å². The maximum atomic E-state index is 2.34. The van der Waals surface area contributed by atoms with E-state index in [4.69, 9.17) is 0 Å². The highest BCUT2D eigenvalue weighted by Gasteiger charge is 2.30. The first-order valence-electron chi connectivity index (χ1n) is 9.41. The van der Waals surface area contributed by atoms with Crippen molar-refractivity contribution in [3.63, 3.8) is 0 Å². The topological polar surface area (TPSA) is 0 Å². The Morgan fingerprint density at radius 2 is 1.33 bits per heavy atom. The summed E-state index contributed by atoms with van der Waals surface area (Å²) in [6, 6.07) is 11.2. The zero-order chi connectivity index (χ0) is 14.5. The van der Waals surface area contributed by atoms with E-state index in [1.807, 2.05) is 0 Å². The van der Waals surface area contributed by atoms with E-state index >= 15 is 0 Å². The van der Waals surface area contributed by atoms with Gasteiger partial charge >= 0.3 is 0 Å². The third-order valence-electron chi connectivity index (χ3n) is 6.30. The molecule has 0 amide bonds. The zero-order valence-corrected chi connectivity index (χ0v) is 13.8. The molecule has 0 unspecified atom stereocenters. The molecule has 1 aromatic carbocycles. The Morgan fingerprint density at radius 3 is 1.90 bits per heavy atom. The molecule has 2 aliphatic carbocycles. The fraction of sp³-hybridized carbons (Fsp3) is 0.714. The third kappa shape index (κ3) is 3.90. The molecule has 116 valence electrons. The van der Waals surface area contributed by atoms with Crippen molar-refractivity contribution in [1.29, 1.82) is 0 Å². The quantitative estimate of drug-likeness (QED) is 0.586. The van der Waals surface area contributed by atoms with Gasteiger partial charge < -0.3 is 0 Å². The van der Waals surface area contributed by atoms with Gasteiger partial charge in [0, 0.05) is 0 Å². The van der Waals surface area contributed by atoms with Crippen LogP contribution < -0.4 is 0 Å². The second-order valence-electron chi connectivity index (χ2n) is 7.59. The molecule has 0 radical (unpaired) electrons. The van der Waals surface area contributed by atoms with Gasteiger partial charge in [0.25, 0.3) is 0 Å². The number of hydrogen-bond donors (Lipinski definition) is 0. The lowest BCUT2D eigenvalue weighted by Crippen LogP contribution is -2.25. The molecule has 0 aliphatic heterocycles. The Labute approximate surface area is 131 Å². The predicted octanol–water partition coefficient (Wildman–Crippen LogP) is 6.57. The van der Waals surface area contributed by atoms with Gasteiger partial charge in [-0.1, -0.05) is 62.9 Å². The SMILES string of the molecule is CCC[C@H]1CC[C@H](C2CCC(c3ccccc3)CC2)CC1. The van der Waals surface area contributed by atoms with Gasteiger partial charge in [-0.3, -0.25) is 0 Å². The van der Waals surface area contributed by atoms with Crippen LogP contribution in [0.25, 0.3) is 0 Å². The van der Waals surface area contributed by atoms with Crippen LogP contribution in [0.2, 0.25) is 0 Å². The molecule has 0 heterocycles. The second-order valence-corrected chi connectivity index (χ2v) is 7.59. The number of benzene rings is 1. The molecule has 0 N–H and O–H groups in total. The van der Waals surface area contributed by atoms with Gasteiger partial charge in [-0.15, -0.1) is 0 Å². The lowest BCUT2D eigenvalue weighted by atomic mass is 9.68. The molecule has 0 bridgehead atoms. The van der Waals surface area contributed by atoms with Crippen LogP contribution in [-0.2, 0) is 0 Å². The minimum atomic E-state index is 0.846. The number of rotatable bonds is 4. The van der Waals surface area contributed by atoms with Gasteiger partial charge in [-0.25, -0.2) is 0 Å². The highest BCUT2D eigenvalue weighted by molar-refractivity contribution is 5.19. The van der Waals surface area contributed by atoms with Crippen LogP contribution in [0, 0.1) is 17.8 Å². The van der Waals surface area contributed by atoms with Crippen LogP contribution in [0.3, 0.4) is 0 Å². The van der Waals surface area contributed by atoms with Gasteiger partial charge in [0.1, 0.15) is 0 Å². The monoisotopic (exact) mass is 284 g/mol. The van der Waals surface area contributed by atoms with Crippen LogP contribution in [0.5, 0.6) is 0 Å². The normalized spacial score (nSPS) is 33.8. The summed E-state index contributed by atoms with van der Waals surface area (Å²) in [7, 11) is 0. The van der Waals surface area contributed by atoms with E-state index in [0.29, 0.717) is 0 Å². The fourth-order valence-corrected chi connectivity index (χ4v) is 5.01. The van der Waals surface area contributed by atoms with Crippen LogP contribution >= 0.6 is 0 Å². The predicted molar refractivity (Wildman–Crippen MR) is 91.5 cm³/mol. The maximum Gasteiger partial charge on any atom is -0.0162 e. The van der Waals surface area contributed by atoms with Gasteiger partial charge in [0.05, 0.1) is 0 Å². The van der Waals surface area contributed by atoms with E-state index in [-0.39, 0.29) is 0 Å². The van der Waals surface area contributed by atoms with E-state index in [2.05, 4.69) is 37.3 Å². The van der Waals surface area contributed by atoms with Crippen LogP contribution in [0.4, 0.5) is 0 Å². The van der Waals surface area contributed by atoms with E-state index in [0.717, 1.165) is 23.7 Å². The molecule has 2 fully saturated rings. The van der Waals surface area contributed by atoms with Crippen molar-refractivity contribution in [3.8, 4) is 0 Å². The molecule has 0 nitrogen and oxygen atoms in total. The van der Waals surface area contributed by atoms with Crippen molar-refractivity contribution in [1.82, 2.24) is 0 Å². The van der Waals surface area contributed by atoms with Crippen molar-refractivity contribution in [3.05, 3.63) is 35.9 Å². The lowest BCUT2D eigenvalue weighted by Gasteiger charge is -2.38. The molecule has 3 rings (SSSR count). The molecule has 2 aliphatic rings. The third-order valence-corrected chi connectivity index (χ3v) is 6.30. The zero-order valence-electron chi connectivity index (χ0n) is 13.8. The Morgan fingerprint density at radius 1 is 0.762 bits per heavy atom. The molecule has 21 heavy (non-hydrogen) atoms. The molecule has 0 atom stereocenters. The summed E-state index contributed by atoms with van der Waals surface area (Å²) in [4.78, 5) is 0. The van der Waals surface area contributed by atoms with Crippen molar-refractivity contribution in [2.24, 2.45) is 17.8 Å². The average Bonchev–Trinajstić information content (AvgIpc) is 2.57. The Balaban J connectivity index is 1.46. The lowest BCUT2D eigenvalue weighted by molar-refractivity contribution is 0.156. The summed E-state index contributed by atoms with van der Waals surface area (Å²) >= 11 is 0. The second kappa shape index (κ2) is 7.47. The molecule has 0 spiro atoms. The number of hydrogen-bond acceptors (Lipinski definition) is 0. The first-order chi connectivity index (χ1) is 10.4. The smallest absolute Gasteiger partial charge is 0.0162 e. The van der Waals surface area contributed by atoms with Crippen LogP contribution in [0.1, 0.15) is 82.6 Å². The largest absolute Gasteiger partial charge is 0.0654 e. The van der Waals surface area contributed by atoms with Crippen molar-refractivity contribution < 1.29 is 0 Å². The van der Waals surface area contributed by atoms with Gasteiger partial charge in [-0.05, 0) is 67.8 Å². The molecule has 2 saturated carbocycles. The summed E-state index contributed by atoms with van der Waals surface area (Å²) < 4.78 is 0. The van der Waals surface area contributed by atoms with Gasteiger partial charge in [-0.2, -0.15) is 0 Å². The maximum absolute atomic E-state index is 2.34. The standard InChI is InChI=1S/C21H32/c1-2-6-17-9-11-19(12-10-17)21-15-13-20(14-16-21)18-7-4-3-5-8-18/h3-5,7-8,17,19-21H,2,6,9-16H2,1H3/t17-,19-,20?,21?. The van der Waals surface area contributed by atoms with Crippen molar-refractivity contribution >= 4 is 0 Å². The molecule has 0 aromatic heterocycles. The highest BCUT2D eigenvalue weighted by Crippen LogP contribution is 2.44. The first-order valence-corrected chi connectivity index (χ1v) is 9.41. The Hall–Kier alpha value is -0.780. The van der Waals surface area contributed by atoms with E-state index < -0.39 is 0 Å². The van der Waals surface area contributed by atoms with Crippen molar-refractivity contribution in [2.45, 2.75) is 77.0 Å². The fourth-order valence-electron chi connectivity index (χ4n) is 5.01. The Bertz CT molecular complexity index is 391. The highest BCUT2D eigenvalue weighted by atomic mass is 14.4. The summed E-state index contributed by atoms with van der Waals surface area (Å²) in [6.07, 6.45) is 14.8. The average molecular weight is 284 g/mol.